The third kappa shape index (κ3) is 3.75. The molecule has 0 amide bonds. The van der Waals surface area contributed by atoms with E-state index < -0.39 is 0 Å². The first-order valence-corrected chi connectivity index (χ1v) is 9.59. The summed E-state index contributed by atoms with van der Waals surface area (Å²) in [6.07, 6.45) is 1.68. The third-order valence-electron chi connectivity index (χ3n) is 5.79. The SMILES string of the molecule is COc1ccc(C(=O)C2CC3COCC(C2)N3Cc2ccccc2)c(C)n1. The van der Waals surface area contributed by atoms with Gasteiger partial charge in [-0.15, -0.1) is 0 Å². The maximum absolute atomic E-state index is 13.2. The molecular formula is C22H26N2O3. The van der Waals surface area contributed by atoms with Crippen LogP contribution in [0.4, 0.5) is 0 Å². The Labute approximate surface area is 160 Å². The monoisotopic (exact) mass is 366 g/mol. The van der Waals surface area contributed by atoms with Crippen molar-refractivity contribution in [3.8, 4) is 5.88 Å². The van der Waals surface area contributed by atoms with Gasteiger partial charge in [-0.3, -0.25) is 9.69 Å². The van der Waals surface area contributed by atoms with E-state index >= 15 is 0 Å². The zero-order chi connectivity index (χ0) is 18.8. The van der Waals surface area contributed by atoms with Gasteiger partial charge in [-0.25, -0.2) is 4.98 Å². The predicted octanol–water partition coefficient (Wildman–Crippen LogP) is 3.26. The van der Waals surface area contributed by atoms with Gasteiger partial charge >= 0.3 is 0 Å². The van der Waals surface area contributed by atoms with Gasteiger partial charge in [0.25, 0.3) is 0 Å². The molecule has 1 aromatic carbocycles. The summed E-state index contributed by atoms with van der Waals surface area (Å²) in [4.78, 5) is 20.1. The molecule has 0 saturated carbocycles. The van der Waals surface area contributed by atoms with Crippen LogP contribution < -0.4 is 4.74 Å². The lowest BCUT2D eigenvalue weighted by atomic mass is 9.80. The van der Waals surface area contributed by atoms with Crippen LogP contribution in [0.3, 0.4) is 0 Å². The van der Waals surface area contributed by atoms with Gasteiger partial charge in [-0.05, 0) is 31.4 Å². The first-order valence-electron chi connectivity index (χ1n) is 9.59. The van der Waals surface area contributed by atoms with E-state index in [2.05, 4.69) is 34.1 Å². The van der Waals surface area contributed by atoms with Crippen LogP contribution in [-0.2, 0) is 11.3 Å². The smallest absolute Gasteiger partial charge is 0.213 e. The summed E-state index contributed by atoms with van der Waals surface area (Å²) in [6, 6.07) is 14.7. The van der Waals surface area contributed by atoms with Gasteiger partial charge in [-0.2, -0.15) is 0 Å². The highest BCUT2D eigenvalue weighted by atomic mass is 16.5. The molecule has 2 aliphatic heterocycles. The van der Waals surface area contributed by atoms with Crippen LogP contribution in [0.5, 0.6) is 5.88 Å². The fourth-order valence-corrected chi connectivity index (χ4v) is 4.39. The second-order valence-corrected chi connectivity index (χ2v) is 7.52. The number of benzene rings is 1. The van der Waals surface area contributed by atoms with Crippen molar-refractivity contribution in [2.24, 2.45) is 5.92 Å². The number of aromatic nitrogens is 1. The average Bonchev–Trinajstić information content (AvgIpc) is 2.68. The molecule has 142 valence electrons. The molecule has 2 unspecified atom stereocenters. The van der Waals surface area contributed by atoms with Crippen molar-refractivity contribution in [3.63, 3.8) is 0 Å². The number of fused-ring (bicyclic) bond motifs is 2. The van der Waals surface area contributed by atoms with Crippen LogP contribution in [0.15, 0.2) is 42.5 Å². The van der Waals surface area contributed by atoms with Gasteiger partial charge in [0.2, 0.25) is 5.88 Å². The summed E-state index contributed by atoms with van der Waals surface area (Å²) in [6.45, 7) is 4.20. The molecule has 2 aliphatic rings. The number of ether oxygens (including phenoxy) is 2. The van der Waals surface area contributed by atoms with Crippen LogP contribution in [0.2, 0.25) is 0 Å². The fourth-order valence-electron chi connectivity index (χ4n) is 4.39. The molecule has 1 aromatic heterocycles. The maximum Gasteiger partial charge on any atom is 0.213 e. The minimum atomic E-state index is 0.0322. The lowest BCUT2D eigenvalue weighted by Crippen LogP contribution is -2.57. The predicted molar refractivity (Wildman–Crippen MR) is 103 cm³/mol. The highest BCUT2D eigenvalue weighted by Gasteiger charge is 2.41. The Kier molecular flexibility index (Phi) is 5.23. The van der Waals surface area contributed by atoms with Crippen LogP contribution in [0.1, 0.15) is 34.5 Å². The summed E-state index contributed by atoms with van der Waals surface area (Å²) in [5, 5.41) is 0. The highest BCUT2D eigenvalue weighted by Crippen LogP contribution is 2.35. The zero-order valence-electron chi connectivity index (χ0n) is 15.9. The quantitative estimate of drug-likeness (QED) is 0.760. The van der Waals surface area contributed by atoms with Gasteiger partial charge in [0.15, 0.2) is 5.78 Å². The van der Waals surface area contributed by atoms with Crippen molar-refractivity contribution in [1.29, 1.82) is 0 Å². The Morgan fingerprint density at radius 1 is 1.15 bits per heavy atom. The van der Waals surface area contributed by atoms with E-state index in [1.54, 1.807) is 13.2 Å². The number of pyridine rings is 1. The molecule has 2 aromatic rings. The van der Waals surface area contributed by atoms with E-state index in [1.165, 1.54) is 5.56 Å². The number of methoxy groups -OCH3 is 1. The summed E-state index contributed by atoms with van der Waals surface area (Å²) in [5.74, 6) is 0.788. The van der Waals surface area contributed by atoms with Gasteiger partial charge in [0, 0.05) is 36.2 Å². The number of morpholine rings is 1. The molecule has 2 fully saturated rings. The van der Waals surface area contributed by atoms with Gasteiger partial charge in [0.1, 0.15) is 0 Å². The Balaban J connectivity index is 1.50. The van der Waals surface area contributed by atoms with Crippen LogP contribution in [0.25, 0.3) is 0 Å². The van der Waals surface area contributed by atoms with Crippen molar-refractivity contribution < 1.29 is 14.3 Å². The van der Waals surface area contributed by atoms with Crippen molar-refractivity contribution in [2.75, 3.05) is 20.3 Å². The Hall–Kier alpha value is -2.24. The van der Waals surface area contributed by atoms with E-state index in [-0.39, 0.29) is 23.8 Å². The van der Waals surface area contributed by atoms with E-state index in [0.29, 0.717) is 19.1 Å². The van der Waals surface area contributed by atoms with Crippen molar-refractivity contribution in [1.82, 2.24) is 9.88 Å². The number of ketones is 1. The molecular weight excluding hydrogens is 340 g/mol. The Morgan fingerprint density at radius 3 is 2.48 bits per heavy atom. The van der Waals surface area contributed by atoms with E-state index in [0.717, 1.165) is 30.6 Å². The minimum absolute atomic E-state index is 0.0322. The molecule has 4 rings (SSSR count). The second kappa shape index (κ2) is 7.79. The fraction of sp³-hybridized carbons (Fsp3) is 0.455. The number of rotatable bonds is 5. The number of hydrogen-bond acceptors (Lipinski definition) is 5. The lowest BCUT2D eigenvalue weighted by Gasteiger charge is -2.48. The molecule has 0 radical (unpaired) electrons. The van der Waals surface area contributed by atoms with Gasteiger partial charge in [-0.1, -0.05) is 30.3 Å². The lowest BCUT2D eigenvalue weighted by molar-refractivity contribution is -0.0872. The molecule has 3 heterocycles. The van der Waals surface area contributed by atoms with Gasteiger partial charge < -0.3 is 9.47 Å². The number of carbonyl (C=O) groups excluding carboxylic acids is 1. The standard InChI is InChI=1S/C22H26N2O3/c1-15-20(8-9-21(23-15)26-2)22(25)17-10-18-13-27-14-19(11-17)24(18)12-16-6-4-3-5-7-16/h3-9,17-19H,10-14H2,1-2H3. The Morgan fingerprint density at radius 2 is 1.85 bits per heavy atom. The number of piperidine rings is 1. The number of hydrogen-bond donors (Lipinski definition) is 0. The first-order chi connectivity index (χ1) is 13.2. The molecule has 0 spiro atoms. The van der Waals surface area contributed by atoms with E-state index in [1.807, 2.05) is 19.1 Å². The van der Waals surface area contributed by atoms with Crippen molar-refractivity contribution in [3.05, 3.63) is 59.3 Å². The minimum Gasteiger partial charge on any atom is -0.481 e. The first kappa shape index (κ1) is 18.1. The summed E-state index contributed by atoms with van der Waals surface area (Å²) in [5.41, 5.74) is 2.78. The summed E-state index contributed by atoms with van der Waals surface area (Å²) < 4.78 is 11.0. The van der Waals surface area contributed by atoms with Crippen LogP contribution in [-0.4, -0.2) is 48.1 Å². The molecule has 2 bridgehead atoms. The number of nitrogens with zero attached hydrogens (tertiary/aromatic N) is 2. The molecule has 2 atom stereocenters. The molecule has 27 heavy (non-hydrogen) atoms. The zero-order valence-corrected chi connectivity index (χ0v) is 15.9. The van der Waals surface area contributed by atoms with Crippen molar-refractivity contribution in [2.45, 2.75) is 38.4 Å². The highest BCUT2D eigenvalue weighted by molar-refractivity contribution is 5.99. The molecule has 0 aliphatic carbocycles. The summed E-state index contributed by atoms with van der Waals surface area (Å²) >= 11 is 0. The average molecular weight is 366 g/mol. The number of aryl methyl sites for hydroxylation is 1. The topological polar surface area (TPSA) is 51.7 Å². The normalized spacial score (nSPS) is 25.2. The van der Waals surface area contributed by atoms with Crippen LogP contribution in [0, 0.1) is 12.8 Å². The number of carbonyl (C=O) groups is 1. The molecule has 5 heteroatoms. The Bertz CT molecular complexity index is 794. The maximum atomic E-state index is 13.2. The van der Waals surface area contributed by atoms with E-state index in [4.69, 9.17) is 9.47 Å². The van der Waals surface area contributed by atoms with Crippen LogP contribution >= 0.6 is 0 Å². The summed E-state index contributed by atoms with van der Waals surface area (Å²) in [7, 11) is 1.59. The molecule has 5 nitrogen and oxygen atoms in total. The number of Topliss-reactive ketones (excluding diaryl/α,β-unsaturated/α-hetero) is 1. The second-order valence-electron chi connectivity index (χ2n) is 7.52. The van der Waals surface area contributed by atoms with Crippen molar-refractivity contribution >= 4 is 5.78 Å². The largest absolute Gasteiger partial charge is 0.481 e. The molecule has 2 saturated heterocycles. The van der Waals surface area contributed by atoms with Gasteiger partial charge in [0.05, 0.1) is 26.0 Å². The molecule has 0 N–H and O–H groups in total. The van der Waals surface area contributed by atoms with E-state index in [9.17, 15) is 4.79 Å². The third-order valence-corrected chi connectivity index (χ3v) is 5.79.